The van der Waals surface area contributed by atoms with E-state index in [2.05, 4.69) is 10.6 Å². The van der Waals surface area contributed by atoms with E-state index >= 15 is 0 Å². The number of carbonyl (C=O) groups is 2. The fraction of sp³-hybridized carbons (Fsp3) is 0.364. The summed E-state index contributed by atoms with van der Waals surface area (Å²) in [6.45, 7) is 2.77. The number of rotatable bonds is 7. The van der Waals surface area contributed by atoms with Crippen molar-refractivity contribution in [3.63, 3.8) is 0 Å². The molecule has 0 saturated carbocycles. The third-order valence-corrected chi connectivity index (χ3v) is 5.18. The number of nitrogens with one attached hydrogen (secondary N) is 2. The van der Waals surface area contributed by atoms with Crippen molar-refractivity contribution in [1.29, 1.82) is 0 Å². The molecule has 3 atom stereocenters. The Morgan fingerprint density at radius 3 is 2.21 bits per heavy atom. The zero-order valence-electron chi connectivity index (χ0n) is 16.0. The second-order valence-electron chi connectivity index (χ2n) is 6.97. The molecule has 1 aliphatic heterocycles. The van der Waals surface area contributed by atoms with Gasteiger partial charge in [-0.3, -0.25) is 4.79 Å². The Labute approximate surface area is 165 Å². The van der Waals surface area contributed by atoms with E-state index in [0.29, 0.717) is 18.7 Å². The Balaban J connectivity index is 1.77. The maximum absolute atomic E-state index is 12.6. The first-order valence-corrected chi connectivity index (χ1v) is 9.72. The molecule has 1 fully saturated rings. The third kappa shape index (κ3) is 4.17. The van der Waals surface area contributed by atoms with Gasteiger partial charge in [-0.2, -0.15) is 0 Å². The van der Waals surface area contributed by atoms with Crippen molar-refractivity contribution in [2.24, 2.45) is 0 Å². The quantitative estimate of drug-likeness (QED) is 0.689. The first-order valence-electron chi connectivity index (χ1n) is 9.72. The summed E-state index contributed by atoms with van der Waals surface area (Å²) in [5.74, 6) is -0.205. The molecule has 28 heavy (non-hydrogen) atoms. The van der Waals surface area contributed by atoms with E-state index in [9.17, 15) is 14.7 Å². The topological polar surface area (TPSA) is 81.7 Å². The van der Waals surface area contributed by atoms with Crippen LogP contribution in [0.25, 0.3) is 0 Å². The average molecular weight is 381 g/mol. The SMILES string of the molecule is CCCNC(=O)N1[C@H](CO)[C@@H](c2ccccc2)[C@@H]1CNC(=O)c1ccccc1. The number of hydrogen-bond donors (Lipinski definition) is 3. The highest BCUT2D eigenvalue weighted by molar-refractivity contribution is 5.94. The molecule has 1 heterocycles. The summed E-state index contributed by atoms with van der Waals surface area (Å²) in [6, 6.07) is 18.1. The first-order chi connectivity index (χ1) is 13.7. The summed E-state index contributed by atoms with van der Waals surface area (Å²) in [4.78, 5) is 26.8. The van der Waals surface area contributed by atoms with Gasteiger partial charge in [-0.25, -0.2) is 4.79 Å². The molecule has 6 heteroatoms. The lowest BCUT2D eigenvalue weighted by molar-refractivity contribution is -0.00687. The van der Waals surface area contributed by atoms with Crippen molar-refractivity contribution in [2.45, 2.75) is 31.3 Å². The van der Waals surface area contributed by atoms with Crippen LogP contribution in [0.5, 0.6) is 0 Å². The summed E-state index contributed by atoms with van der Waals surface area (Å²) in [5, 5.41) is 15.8. The number of aliphatic hydroxyl groups excluding tert-OH is 1. The average Bonchev–Trinajstić information content (AvgIpc) is 2.73. The second-order valence-corrected chi connectivity index (χ2v) is 6.97. The van der Waals surface area contributed by atoms with Gasteiger partial charge in [0.15, 0.2) is 0 Å². The molecule has 3 N–H and O–H groups in total. The van der Waals surface area contributed by atoms with Gasteiger partial charge < -0.3 is 20.6 Å². The van der Waals surface area contributed by atoms with E-state index < -0.39 is 0 Å². The molecule has 0 aromatic heterocycles. The zero-order chi connectivity index (χ0) is 19.9. The number of amides is 3. The minimum atomic E-state index is -0.308. The summed E-state index contributed by atoms with van der Waals surface area (Å²) in [6.07, 6.45) is 0.834. The maximum Gasteiger partial charge on any atom is 0.318 e. The van der Waals surface area contributed by atoms with E-state index in [-0.39, 0.29) is 36.5 Å². The Morgan fingerprint density at radius 1 is 0.964 bits per heavy atom. The molecule has 148 valence electrons. The largest absolute Gasteiger partial charge is 0.394 e. The monoisotopic (exact) mass is 381 g/mol. The normalized spacial score (nSPS) is 20.9. The number of urea groups is 1. The van der Waals surface area contributed by atoms with Crippen molar-refractivity contribution < 1.29 is 14.7 Å². The van der Waals surface area contributed by atoms with Gasteiger partial charge in [0.1, 0.15) is 0 Å². The molecule has 0 bridgehead atoms. The number of benzene rings is 2. The van der Waals surface area contributed by atoms with Crippen LogP contribution in [0.15, 0.2) is 60.7 Å². The highest BCUT2D eigenvalue weighted by Crippen LogP contribution is 2.40. The molecule has 3 amide bonds. The van der Waals surface area contributed by atoms with E-state index in [1.165, 1.54) is 0 Å². The van der Waals surface area contributed by atoms with Crippen LogP contribution in [0.2, 0.25) is 0 Å². The summed E-state index contributed by atoms with van der Waals surface area (Å²) < 4.78 is 0. The maximum atomic E-state index is 12.6. The van der Waals surface area contributed by atoms with E-state index in [4.69, 9.17) is 0 Å². The lowest BCUT2D eigenvalue weighted by Crippen LogP contribution is -2.70. The number of carbonyl (C=O) groups excluding carboxylic acids is 2. The first kappa shape index (κ1) is 19.9. The number of likely N-dealkylation sites (tertiary alicyclic amines) is 1. The number of aliphatic hydroxyl groups is 1. The molecular formula is C22H27N3O3. The van der Waals surface area contributed by atoms with Crippen LogP contribution in [0.1, 0.15) is 35.2 Å². The zero-order valence-corrected chi connectivity index (χ0v) is 16.0. The van der Waals surface area contributed by atoms with E-state index in [1.807, 2.05) is 55.5 Å². The van der Waals surface area contributed by atoms with Crippen LogP contribution < -0.4 is 10.6 Å². The van der Waals surface area contributed by atoms with Gasteiger partial charge in [0.25, 0.3) is 5.91 Å². The van der Waals surface area contributed by atoms with Gasteiger partial charge in [0, 0.05) is 24.6 Å². The van der Waals surface area contributed by atoms with Crippen LogP contribution in [0.3, 0.4) is 0 Å². The molecule has 6 nitrogen and oxygen atoms in total. The van der Waals surface area contributed by atoms with Gasteiger partial charge in [-0.15, -0.1) is 0 Å². The van der Waals surface area contributed by atoms with Crippen LogP contribution in [-0.2, 0) is 0 Å². The van der Waals surface area contributed by atoms with Gasteiger partial charge in [-0.05, 0) is 24.1 Å². The standard InChI is InChI=1S/C22H27N3O3/c1-2-13-23-22(28)25-18(14-24-21(27)17-11-7-4-8-12-17)20(19(25)15-26)16-9-5-3-6-10-16/h3-12,18-20,26H,2,13-15H2,1H3,(H,23,28)(H,24,27)/t18-,19+,20-/m0/s1. The molecule has 2 aromatic carbocycles. The lowest BCUT2D eigenvalue weighted by Gasteiger charge is -2.54. The molecule has 1 aliphatic rings. The van der Waals surface area contributed by atoms with Crippen molar-refractivity contribution in [1.82, 2.24) is 15.5 Å². The Morgan fingerprint density at radius 2 is 1.61 bits per heavy atom. The molecule has 0 aliphatic carbocycles. The van der Waals surface area contributed by atoms with Crippen LogP contribution in [0, 0.1) is 0 Å². The number of nitrogens with zero attached hydrogens (tertiary/aromatic N) is 1. The molecule has 3 rings (SSSR count). The van der Waals surface area contributed by atoms with Crippen molar-refractivity contribution in [3.05, 3.63) is 71.8 Å². The minimum absolute atomic E-state index is 0.0327. The molecule has 2 aromatic rings. The summed E-state index contributed by atoms with van der Waals surface area (Å²) >= 11 is 0. The van der Waals surface area contributed by atoms with Gasteiger partial charge in [0.05, 0.1) is 18.7 Å². The van der Waals surface area contributed by atoms with Crippen molar-refractivity contribution in [3.8, 4) is 0 Å². The van der Waals surface area contributed by atoms with Gasteiger partial charge in [-0.1, -0.05) is 55.5 Å². The Kier molecular flexibility index (Phi) is 6.66. The minimum Gasteiger partial charge on any atom is -0.394 e. The highest BCUT2D eigenvalue weighted by atomic mass is 16.3. The summed E-state index contributed by atoms with van der Waals surface area (Å²) in [7, 11) is 0. The van der Waals surface area contributed by atoms with Crippen molar-refractivity contribution >= 4 is 11.9 Å². The van der Waals surface area contributed by atoms with Crippen LogP contribution >= 0.6 is 0 Å². The smallest absolute Gasteiger partial charge is 0.318 e. The van der Waals surface area contributed by atoms with Crippen molar-refractivity contribution in [2.75, 3.05) is 19.7 Å². The fourth-order valence-corrected chi connectivity index (χ4v) is 3.81. The lowest BCUT2D eigenvalue weighted by atomic mass is 9.75. The molecule has 1 saturated heterocycles. The molecule has 0 spiro atoms. The molecular weight excluding hydrogens is 354 g/mol. The molecule has 0 radical (unpaired) electrons. The molecule has 0 unspecified atom stereocenters. The highest BCUT2D eigenvalue weighted by Gasteiger charge is 2.51. The Hall–Kier alpha value is -2.86. The van der Waals surface area contributed by atoms with E-state index in [0.717, 1.165) is 12.0 Å². The third-order valence-electron chi connectivity index (χ3n) is 5.18. The predicted molar refractivity (Wildman–Crippen MR) is 108 cm³/mol. The second kappa shape index (κ2) is 9.37. The predicted octanol–water partition coefficient (Wildman–Crippen LogP) is 2.36. The van der Waals surface area contributed by atoms with Gasteiger partial charge in [0.2, 0.25) is 0 Å². The van der Waals surface area contributed by atoms with Crippen LogP contribution in [0.4, 0.5) is 4.79 Å². The van der Waals surface area contributed by atoms with Gasteiger partial charge >= 0.3 is 6.03 Å². The Bertz CT molecular complexity index is 782. The number of hydrogen-bond acceptors (Lipinski definition) is 3. The fourth-order valence-electron chi connectivity index (χ4n) is 3.81. The van der Waals surface area contributed by atoms with Crippen LogP contribution in [-0.4, -0.2) is 53.7 Å². The van der Waals surface area contributed by atoms with E-state index in [1.54, 1.807) is 17.0 Å². The summed E-state index contributed by atoms with van der Waals surface area (Å²) in [5.41, 5.74) is 1.64.